The van der Waals surface area contributed by atoms with E-state index in [1.807, 2.05) is 0 Å². The first-order valence-electron chi connectivity index (χ1n) is 6.34. The van der Waals surface area contributed by atoms with Gasteiger partial charge in [0.25, 0.3) is 0 Å². The highest BCUT2D eigenvalue weighted by Gasteiger charge is 2.20. The molecule has 6 heteroatoms. The van der Waals surface area contributed by atoms with E-state index in [9.17, 15) is 19.2 Å². The molecule has 1 aromatic rings. The number of Topliss-reactive ketones (excluding diaryl/α,β-unsaturated/α-hetero) is 3. The van der Waals surface area contributed by atoms with Crippen LogP contribution in [0.3, 0.4) is 0 Å². The van der Waals surface area contributed by atoms with Gasteiger partial charge in [-0.1, -0.05) is 12.1 Å². The summed E-state index contributed by atoms with van der Waals surface area (Å²) in [5.41, 5.74) is 0.419. The Morgan fingerprint density at radius 2 is 1.52 bits per heavy atom. The molecular weight excluding hydrogens is 292 g/mol. The van der Waals surface area contributed by atoms with Crippen molar-refractivity contribution in [1.82, 2.24) is 0 Å². The van der Waals surface area contributed by atoms with E-state index in [0.29, 0.717) is 10.5 Å². The molecule has 0 radical (unpaired) electrons. The smallest absolute Gasteiger partial charge is 0.303 e. The molecule has 1 N–H and O–H groups in total. The van der Waals surface area contributed by atoms with Crippen LogP contribution in [0.4, 0.5) is 0 Å². The average molecular weight is 308 g/mol. The Balaban J connectivity index is 2.73. The maximum Gasteiger partial charge on any atom is 0.303 e. The minimum Gasteiger partial charge on any atom is -0.481 e. The van der Waals surface area contributed by atoms with Crippen molar-refractivity contribution in [3.8, 4) is 0 Å². The van der Waals surface area contributed by atoms with Crippen LogP contribution in [0.2, 0.25) is 0 Å². The summed E-state index contributed by atoms with van der Waals surface area (Å²) in [6, 6.07) is 6.45. The molecule has 0 unspecified atom stereocenters. The van der Waals surface area contributed by atoms with Gasteiger partial charge in [-0.15, -0.1) is 11.8 Å². The van der Waals surface area contributed by atoms with Gasteiger partial charge in [-0.3, -0.25) is 19.2 Å². The minimum atomic E-state index is -1.01. The van der Waals surface area contributed by atoms with Gasteiger partial charge in [0.2, 0.25) is 0 Å². The van der Waals surface area contributed by atoms with Gasteiger partial charge in [0.1, 0.15) is 5.25 Å². The van der Waals surface area contributed by atoms with E-state index in [1.54, 1.807) is 24.3 Å². The van der Waals surface area contributed by atoms with Gasteiger partial charge >= 0.3 is 5.97 Å². The van der Waals surface area contributed by atoms with Gasteiger partial charge in [0.15, 0.2) is 17.3 Å². The first kappa shape index (κ1) is 17.1. The van der Waals surface area contributed by atoms with Crippen LogP contribution in [0.15, 0.2) is 29.2 Å². The Morgan fingerprint density at radius 1 is 1.00 bits per heavy atom. The van der Waals surface area contributed by atoms with E-state index in [0.717, 1.165) is 11.8 Å². The van der Waals surface area contributed by atoms with Crippen molar-refractivity contribution >= 4 is 35.1 Å². The summed E-state index contributed by atoms with van der Waals surface area (Å²) in [4.78, 5) is 45.6. The number of ketones is 3. The van der Waals surface area contributed by atoms with Gasteiger partial charge in [-0.2, -0.15) is 0 Å². The number of carboxylic acid groups (broad SMARTS) is 1. The number of aliphatic carboxylic acids is 1. The second kappa shape index (κ2) is 7.73. The summed E-state index contributed by atoms with van der Waals surface area (Å²) in [5.74, 6) is -1.69. The van der Waals surface area contributed by atoms with Crippen LogP contribution in [0.25, 0.3) is 0 Å². The van der Waals surface area contributed by atoms with E-state index in [-0.39, 0.29) is 30.2 Å². The maximum atomic E-state index is 11.7. The molecular formula is C15H16O5S. The number of carbonyl (C=O) groups is 4. The molecule has 112 valence electrons. The lowest BCUT2D eigenvalue weighted by Crippen LogP contribution is -2.21. The molecule has 0 aliphatic rings. The van der Waals surface area contributed by atoms with Crippen LogP contribution in [-0.4, -0.2) is 33.7 Å². The highest BCUT2D eigenvalue weighted by molar-refractivity contribution is 8.01. The first-order chi connectivity index (χ1) is 9.81. The molecule has 0 bridgehead atoms. The molecule has 21 heavy (non-hydrogen) atoms. The quantitative estimate of drug-likeness (QED) is 0.450. The molecule has 0 atom stereocenters. The number of thioether (sulfide) groups is 1. The molecule has 5 nitrogen and oxygen atoms in total. The number of rotatable bonds is 8. The minimum absolute atomic E-state index is 0.0503. The standard InChI is InChI=1S/C15H16O5S/c1-9(16)15(10(2)17)21-12-5-3-11(4-6-12)13(18)7-8-14(19)20/h3-6,15H,7-8H2,1-2H3,(H,19,20). The van der Waals surface area contributed by atoms with Gasteiger partial charge < -0.3 is 5.11 Å². The third kappa shape index (κ3) is 5.51. The Hall–Kier alpha value is -1.95. The average Bonchev–Trinajstić information content (AvgIpc) is 2.42. The molecule has 0 aliphatic heterocycles. The number of hydrogen-bond acceptors (Lipinski definition) is 5. The maximum absolute atomic E-state index is 11.7. The lowest BCUT2D eigenvalue weighted by atomic mass is 10.1. The molecule has 0 aliphatic carbocycles. The summed E-state index contributed by atoms with van der Waals surface area (Å²) >= 11 is 1.14. The lowest BCUT2D eigenvalue weighted by molar-refractivity contribution is -0.137. The Bertz CT molecular complexity index is 548. The predicted molar refractivity (Wildman–Crippen MR) is 78.6 cm³/mol. The number of hydrogen-bond donors (Lipinski definition) is 1. The Morgan fingerprint density at radius 3 is 1.95 bits per heavy atom. The molecule has 0 spiro atoms. The molecule has 0 aromatic heterocycles. The van der Waals surface area contributed by atoms with E-state index in [1.165, 1.54) is 13.8 Å². The topological polar surface area (TPSA) is 88.5 Å². The normalized spacial score (nSPS) is 10.4. The van der Waals surface area contributed by atoms with E-state index in [2.05, 4.69) is 0 Å². The van der Waals surface area contributed by atoms with Crippen molar-refractivity contribution in [3.63, 3.8) is 0 Å². The largest absolute Gasteiger partial charge is 0.481 e. The second-order valence-electron chi connectivity index (χ2n) is 4.56. The van der Waals surface area contributed by atoms with Gasteiger partial charge in [-0.25, -0.2) is 0 Å². The van der Waals surface area contributed by atoms with Crippen LogP contribution >= 0.6 is 11.8 Å². The Labute approximate surface area is 126 Å². The molecule has 0 saturated heterocycles. The van der Waals surface area contributed by atoms with Crippen molar-refractivity contribution < 1.29 is 24.3 Å². The van der Waals surface area contributed by atoms with Crippen molar-refractivity contribution in [2.24, 2.45) is 0 Å². The van der Waals surface area contributed by atoms with Gasteiger partial charge in [0, 0.05) is 16.9 Å². The van der Waals surface area contributed by atoms with Crippen LogP contribution in [0.1, 0.15) is 37.0 Å². The SMILES string of the molecule is CC(=O)C(Sc1ccc(C(=O)CCC(=O)O)cc1)C(C)=O. The number of carbonyl (C=O) groups excluding carboxylic acids is 3. The number of benzene rings is 1. The predicted octanol–water partition coefficient (Wildman–Crippen LogP) is 2.37. The molecule has 0 amide bonds. The summed E-state index contributed by atoms with van der Waals surface area (Å²) in [6.45, 7) is 2.73. The van der Waals surface area contributed by atoms with Gasteiger partial charge in [-0.05, 0) is 26.0 Å². The molecule has 1 rings (SSSR count). The van der Waals surface area contributed by atoms with Crippen LogP contribution < -0.4 is 0 Å². The summed E-state index contributed by atoms with van der Waals surface area (Å²) < 4.78 is 0. The first-order valence-corrected chi connectivity index (χ1v) is 7.22. The highest BCUT2D eigenvalue weighted by atomic mass is 32.2. The van der Waals surface area contributed by atoms with Crippen molar-refractivity contribution in [1.29, 1.82) is 0 Å². The van der Waals surface area contributed by atoms with Crippen LogP contribution in [-0.2, 0) is 14.4 Å². The van der Waals surface area contributed by atoms with Crippen LogP contribution in [0.5, 0.6) is 0 Å². The Kier molecular flexibility index (Phi) is 6.30. The fraction of sp³-hybridized carbons (Fsp3) is 0.333. The fourth-order valence-corrected chi connectivity index (χ4v) is 2.57. The summed E-state index contributed by atoms with van der Waals surface area (Å²) in [6.07, 6.45) is -0.253. The van der Waals surface area contributed by atoms with Crippen molar-refractivity contribution in [3.05, 3.63) is 29.8 Å². The molecule has 0 fully saturated rings. The van der Waals surface area contributed by atoms with Gasteiger partial charge in [0.05, 0.1) is 6.42 Å². The lowest BCUT2D eigenvalue weighted by Gasteiger charge is -2.10. The van der Waals surface area contributed by atoms with E-state index >= 15 is 0 Å². The zero-order chi connectivity index (χ0) is 16.0. The van der Waals surface area contributed by atoms with Crippen molar-refractivity contribution in [2.45, 2.75) is 36.8 Å². The number of carboxylic acids is 1. The molecule has 0 heterocycles. The third-order valence-electron chi connectivity index (χ3n) is 2.73. The molecule has 1 aromatic carbocycles. The van der Waals surface area contributed by atoms with Crippen molar-refractivity contribution in [2.75, 3.05) is 0 Å². The zero-order valence-electron chi connectivity index (χ0n) is 11.8. The van der Waals surface area contributed by atoms with Crippen LogP contribution in [0, 0.1) is 0 Å². The fourth-order valence-electron chi connectivity index (χ4n) is 1.67. The highest BCUT2D eigenvalue weighted by Crippen LogP contribution is 2.25. The van der Waals surface area contributed by atoms with E-state index in [4.69, 9.17) is 5.11 Å². The summed E-state index contributed by atoms with van der Waals surface area (Å²) in [7, 11) is 0. The van der Waals surface area contributed by atoms with E-state index < -0.39 is 11.2 Å². The zero-order valence-corrected chi connectivity index (χ0v) is 12.6. The summed E-state index contributed by atoms with van der Waals surface area (Å²) in [5, 5.41) is 7.80. The molecule has 0 saturated carbocycles. The monoisotopic (exact) mass is 308 g/mol. The third-order valence-corrected chi connectivity index (χ3v) is 4.18. The second-order valence-corrected chi connectivity index (χ2v) is 5.74.